The van der Waals surface area contributed by atoms with Crippen molar-refractivity contribution in [2.75, 3.05) is 0 Å². The molecule has 4 nitrogen and oxygen atoms in total. The van der Waals surface area contributed by atoms with Crippen molar-refractivity contribution in [3.8, 4) is 84.4 Å². The molecule has 1 spiro atoms. The van der Waals surface area contributed by atoms with Crippen LogP contribution in [0.25, 0.3) is 112 Å². The molecule has 0 saturated heterocycles. The van der Waals surface area contributed by atoms with Crippen LogP contribution in [0.15, 0.2) is 244 Å². The molecule has 0 radical (unpaired) electrons. The maximum atomic E-state index is 5.60. The van der Waals surface area contributed by atoms with Gasteiger partial charge in [-0.1, -0.05) is 215 Å². The Balaban J connectivity index is 0.950. The fourth-order valence-electron chi connectivity index (χ4n) is 13.3. The second-order valence-electron chi connectivity index (χ2n) is 20.7. The molecule has 3 aliphatic carbocycles. The lowest BCUT2D eigenvalue weighted by Crippen LogP contribution is -2.25. The van der Waals surface area contributed by atoms with Gasteiger partial charge in [-0.15, -0.1) is 0 Å². The van der Waals surface area contributed by atoms with Crippen molar-refractivity contribution in [3.63, 3.8) is 0 Å². The van der Waals surface area contributed by atoms with Gasteiger partial charge in [0.05, 0.1) is 16.4 Å². The van der Waals surface area contributed by atoms with E-state index in [1.165, 1.54) is 66.8 Å². The van der Waals surface area contributed by atoms with Crippen molar-refractivity contribution in [1.29, 1.82) is 0 Å². The predicted molar refractivity (Wildman–Crippen MR) is 309 cm³/mol. The van der Waals surface area contributed by atoms with E-state index < -0.39 is 5.41 Å². The lowest BCUT2D eigenvalue weighted by molar-refractivity contribution is 0.660. The molecule has 352 valence electrons. The Bertz CT molecular complexity index is 4370. The van der Waals surface area contributed by atoms with Crippen LogP contribution in [0.1, 0.15) is 52.8 Å². The molecule has 0 saturated carbocycles. The van der Waals surface area contributed by atoms with Crippen LogP contribution in [0.3, 0.4) is 0 Å². The molecule has 0 unspecified atom stereocenters. The molecule has 75 heavy (non-hydrogen) atoms. The molecule has 0 aliphatic heterocycles. The highest BCUT2D eigenvalue weighted by Gasteiger charge is 2.52. The minimum Gasteiger partial charge on any atom is -0.309 e. The first-order valence-corrected chi connectivity index (χ1v) is 25.8. The second-order valence-corrected chi connectivity index (χ2v) is 20.7. The summed E-state index contributed by atoms with van der Waals surface area (Å²) in [6.07, 6.45) is 1.85. The van der Waals surface area contributed by atoms with Gasteiger partial charge in [-0.25, -0.2) is 15.0 Å². The minimum atomic E-state index is -0.505. The third-order valence-electron chi connectivity index (χ3n) is 16.6. The maximum Gasteiger partial charge on any atom is 0.164 e. The summed E-state index contributed by atoms with van der Waals surface area (Å²) in [5.74, 6) is 1.89. The summed E-state index contributed by atoms with van der Waals surface area (Å²) >= 11 is 0. The summed E-state index contributed by atoms with van der Waals surface area (Å²) in [5, 5.41) is 2.30. The first-order valence-electron chi connectivity index (χ1n) is 25.8. The van der Waals surface area contributed by atoms with Crippen LogP contribution in [0.4, 0.5) is 0 Å². The van der Waals surface area contributed by atoms with Crippen molar-refractivity contribution in [2.45, 2.75) is 24.7 Å². The summed E-state index contributed by atoms with van der Waals surface area (Å²) in [6.45, 7) is 13.2. The Labute approximate surface area is 436 Å². The van der Waals surface area contributed by atoms with Gasteiger partial charge in [0.1, 0.15) is 0 Å². The third kappa shape index (κ3) is 5.96. The molecule has 3 aliphatic rings. The van der Waals surface area contributed by atoms with Crippen molar-refractivity contribution in [3.05, 3.63) is 283 Å². The Hall–Kier alpha value is -9.51. The number of nitrogens with zero attached hydrogens (tertiary/aromatic N) is 4. The van der Waals surface area contributed by atoms with Gasteiger partial charge < -0.3 is 4.57 Å². The molecule has 0 N–H and O–H groups in total. The fourth-order valence-corrected chi connectivity index (χ4v) is 13.3. The lowest BCUT2D eigenvalue weighted by atomic mass is 9.70. The van der Waals surface area contributed by atoms with Gasteiger partial charge in [-0.2, -0.15) is 0 Å². The molecule has 2 heterocycles. The number of aromatic nitrogens is 4. The molecular weight excluding hydrogens is 909 g/mol. The molecule has 10 aromatic carbocycles. The first-order chi connectivity index (χ1) is 36.8. The molecule has 0 amide bonds. The van der Waals surface area contributed by atoms with Gasteiger partial charge in [-0.05, 0) is 131 Å². The van der Waals surface area contributed by atoms with Crippen molar-refractivity contribution in [1.82, 2.24) is 19.5 Å². The smallest absolute Gasteiger partial charge is 0.164 e. The van der Waals surface area contributed by atoms with Crippen LogP contribution in [0, 0.1) is 0 Å². The summed E-state index contributed by atoms with van der Waals surface area (Å²) in [4.78, 5) is 16.6. The average Bonchev–Trinajstić information content (AvgIpc) is 4.33. The fraction of sp³-hybridized carbons (Fsp3) is 0.0563. The number of allylic oxidation sites excluding steroid dienone is 2. The maximum absolute atomic E-state index is 5.60. The van der Waals surface area contributed by atoms with Crippen molar-refractivity contribution < 1.29 is 0 Å². The van der Waals surface area contributed by atoms with E-state index in [4.69, 9.17) is 15.0 Å². The van der Waals surface area contributed by atoms with Crippen LogP contribution in [-0.4, -0.2) is 19.5 Å². The molecule has 0 fully saturated rings. The van der Waals surface area contributed by atoms with Crippen LogP contribution in [-0.2, 0) is 10.8 Å². The quantitative estimate of drug-likeness (QED) is 0.150. The van der Waals surface area contributed by atoms with Gasteiger partial charge >= 0.3 is 0 Å². The van der Waals surface area contributed by atoms with E-state index in [2.05, 4.69) is 256 Å². The van der Waals surface area contributed by atoms with E-state index in [1.807, 2.05) is 6.08 Å². The number of hydrogen-bond acceptors (Lipinski definition) is 3. The Kier molecular flexibility index (Phi) is 9.19. The Morgan fingerprint density at radius 1 is 0.413 bits per heavy atom. The van der Waals surface area contributed by atoms with E-state index in [-0.39, 0.29) is 5.41 Å². The summed E-state index contributed by atoms with van der Waals surface area (Å²) in [6, 6.07) is 81.6. The van der Waals surface area contributed by atoms with E-state index in [0.717, 1.165) is 66.4 Å². The SMILES string of the molecule is C=CC(=C)c1cccc2c1c1cc(-c3ccccc3)ccc1n2-c1ccc(-c2nc(-c3cccc4c3-c3ccccc3C4(C)C)nc(-c3cccc4c3-c3ccccc3C43c4ccccc4-c4ccccc43)n2)cc1. The van der Waals surface area contributed by atoms with Crippen LogP contribution in [0.2, 0.25) is 0 Å². The zero-order chi connectivity index (χ0) is 50.2. The van der Waals surface area contributed by atoms with Crippen LogP contribution < -0.4 is 0 Å². The van der Waals surface area contributed by atoms with Gasteiger partial charge in [0.15, 0.2) is 17.5 Å². The number of benzene rings is 10. The monoisotopic (exact) mass is 956 g/mol. The number of hydrogen-bond donors (Lipinski definition) is 0. The third-order valence-corrected chi connectivity index (χ3v) is 16.6. The largest absolute Gasteiger partial charge is 0.309 e. The highest BCUT2D eigenvalue weighted by atomic mass is 15.0. The highest BCUT2D eigenvalue weighted by Crippen LogP contribution is 2.64. The standard InChI is InChI=1S/C71H48N4/c1-5-43(2)48-26-19-35-63-66(48)55-42-46(44-20-7-6-8-21-44)38-41-62(55)75(63)47-39-36-45(37-40-47)67-72-68(53-27-17-33-60-64(53)51-24-11-13-29-56(51)70(60,3)4)74-69(73-67)54-28-18-34-61-65(54)52-25-12-16-32-59(52)71(61)57-30-14-9-22-49(57)50-23-10-15-31-58(50)71/h5-42H,1-2H2,3-4H3. The van der Waals surface area contributed by atoms with E-state index >= 15 is 0 Å². The second kappa shape index (κ2) is 16.0. The van der Waals surface area contributed by atoms with Crippen LogP contribution in [0.5, 0.6) is 0 Å². The van der Waals surface area contributed by atoms with E-state index in [0.29, 0.717) is 17.5 Å². The zero-order valence-corrected chi connectivity index (χ0v) is 41.6. The van der Waals surface area contributed by atoms with Gasteiger partial charge in [-0.3, -0.25) is 0 Å². The number of fused-ring (bicyclic) bond motifs is 16. The predicted octanol–water partition coefficient (Wildman–Crippen LogP) is 17.5. The molecule has 15 rings (SSSR count). The van der Waals surface area contributed by atoms with Gasteiger partial charge in [0.2, 0.25) is 0 Å². The lowest BCUT2D eigenvalue weighted by Gasteiger charge is -2.30. The van der Waals surface area contributed by atoms with E-state index in [1.54, 1.807) is 0 Å². The molecule has 2 aromatic heterocycles. The molecular formula is C71H48N4. The average molecular weight is 957 g/mol. The van der Waals surface area contributed by atoms with E-state index in [9.17, 15) is 0 Å². The van der Waals surface area contributed by atoms with Crippen molar-refractivity contribution in [2.24, 2.45) is 0 Å². The topological polar surface area (TPSA) is 43.6 Å². The molecule has 0 bridgehead atoms. The van der Waals surface area contributed by atoms with Gasteiger partial charge in [0, 0.05) is 38.6 Å². The van der Waals surface area contributed by atoms with Crippen LogP contribution >= 0.6 is 0 Å². The normalized spacial score (nSPS) is 13.8. The first kappa shape index (κ1) is 43.1. The minimum absolute atomic E-state index is 0.196. The zero-order valence-electron chi connectivity index (χ0n) is 41.6. The highest BCUT2D eigenvalue weighted by molar-refractivity contribution is 6.15. The molecule has 0 atom stereocenters. The summed E-state index contributed by atoms with van der Waals surface area (Å²) < 4.78 is 2.36. The summed E-state index contributed by atoms with van der Waals surface area (Å²) in [7, 11) is 0. The summed E-state index contributed by atoms with van der Waals surface area (Å²) in [5.41, 5.74) is 24.7. The Morgan fingerprint density at radius 2 is 0.907 bits per heavy atom. The van der Waals surface area contributed by atoms with Gasteiger partial charge in [0.25, 0.3) is 0 Å². The molecule has 4 heteroatoms. The van der Waals surface area contributed by atoms with Crippen molar-refractivity contribution >= 4 is 27.4 Å². The number of rotatable bonds is 7. The Morgan fingerprint density at radius 3 is 1.56 bits per heavy atom. The molecule has 12 aromatic rings.